The Bertz CT molecular complexity index is 690. The van der Waals surface area contributed by atoms with Crippen molar-refractivity contribution in [3.8, 4) is 5.75 Å². The minimum Gasteiger partial charge on any atom is -0.496 e. The number of hydrogen-bond donors (Lipinski definition) is 3. The summed E-state index contributed by atoms with van der Waals surface area (Å²) < 4.78 is 6.03. The molecule has 0 saturated heterocycles. The quantitative estimate of drug-likeness (QED) is 0.485. The maximum Gasteiger partial charge on any atom is 0.191 e. The fourth-order valence-electron chi connectivity index (χ4n) is 2.34. The van der Waals surface area contributed by atoms with E-state index in [-0.39, 0.29) is 6.54 Å². The van der Waals surface area contributed by atoms with Gasteiger partial charge in [-0.1, -0.05) is 29.8 Å². The second kappa shape index (κ2) is 10.3. The highest BCUT2D eigenvalue weighted by molar-refractivity contribution is 7.16. The first-order valence-electron chi connectivity index (χ1n) is 8.21. The predicted molar refractivity (Wildman–Crippen MR) is 105 cm³/mol. The van der Waals surface area contributed by atoms with Crippen molar-refractivity contribution in [1.82, 2.24) is 10.6 Å². The van der Waals surface area contributed by atoms with Crippen molar-refractivity contribution in [2.24, 2.45) is 4.99 Å². The zero-order valence-corrected chi connectivity index (χ0v) is 16.0. The van der Waals surface area contributed by atoms with Gasteiger partial charge in [0.2, 0.25) is 0 Å². The SMILES string of the molecule is CCNC(=NCC(O)c1ccc(Cl)s1)NCCc1ccccc1OC. The summed E-state index contributed by atoms with van der Waals surface area (Å²) in [5.74, 6) is 1.57. The molecule has 136 valence electrons. The molecule has 0 bridgehead atoms. The summed E-state index contributed by atoms with van der Waals surface area (Å²) in [6.07, 6.45) is 0.166. The van der Waals surface area contributed by atoms with Crippen LogP contribution in [0, 0.1) is 0 Å². The molecule has 3 N–H and O–H groups in total. The third-order valence-electron chi connectivity index (χ3n) is 3.57. The van der Waals surface area contributed by atoms with E-state index in [2.05, 4.69) is 21.7 Å². The summed E-state index contributed by atoms with van der Waals surface area (Å²) in [5.41, 5.74) is 1.14. The van der Waals surface area contributed by atoms with Gasteiger partial charge in [-0.25, -0.2) is 0 Å². The summed E-state index contributed by atoms with van der Waals surface area (Å²) >= 11 is 7.28. The first kappa shape index (κ1) is 19.6. The number of para-hydroxylation sites is 1. The number of methoxy groups -OCH3 is 1. The first-order valence-corrected chi connectivity index (χ1v) is 9.40. The van der Waals surface area contributed by atoms with Crippen LogP contribution in [0.5, 0.6) is 5.75 Å². The minimum absolute atomic E-state index is 0.279. The second-order valence-corrected chi connectivity index (χ2v) is 7.11. The number of thiophene rings is 1. The van der Waals surface area contributed by atoms with E-state index in [1.54, 1.807) is 13.2 Å². The highest BCUT2D eigenvalue weighted by atomic mass is 35.5. The van der Waals surface area contributed by atoms with Crippen LogP contribution in [0.3, 0.4) is 0 Å². The van der Waals surface area contributed by atoms with Crippen LogP contribution in [-0.2, 0) is 6.42 Å². The number of aliphatic hydroxyl groups excluding tert-OH is 1. The van der Waals surface area contributed by atoms with E-state index >= 15 is 0 Å². The third kappa shape index (κ3) is 6.23. The summed E-state index contributed by atoms with van der Waals surface area (Å²) in [7, 11) is 1.68. The molecule has 1 atom stereocenters. The molecule has 0 saturated carbocycles. The lowest BCUT2D eigenvalue weighted by Gasteiger charge is -2.13. The molecule has 1 unspecified atom stereocenters. The van der Waals surface area contributed by atoms with Crippen LogP contribution in [0.25, 0.3) is 0 Å². The van der Waals surface area contributed by atoms with Crippen molar-refractivity contribution in [2.45, 2.75) is 19.4 Å². The molecule has 0 aliphatic heterocycles. The Morgan fingerprint density at radius 3 is 2.76 bits per heavy atom. The van der Waals surface area contributed by atoms with E-state index in [1.165, 1.54) is 11.3 Å². The zero-order chi connectivity index (χ0) is 18.1. The molecular formula is C18H24ClN3O2S. The number of hydrogen-bond acceptors (Lipinski definition) is 4. The van der Waals surface area contributed by atoms with Gasteiger partial charge in [0.25, 0.3) is 0 Å². The van der Waals surface area contributed by atoms with Crippen molar-refractivity contribution < 1.29 is 9.84 Å². The number of nitrogens with zero attached hydrogens (tertiary/aromatic N) is 1. The highest BCUT2D eigenvalue weighted by Crippen LogP contribution is 2.26. The average Bonchev–Trinajstić information content (AvgIpc) is 3.06. The largest absolute Gasteiger partial charge is 0.496 e. The Balaban J connectivity index is 1.89. The number of aliphatic hydroxyl groups is 1. The molecule has 0 amide bonds. The molecule has 7 heteroatoms. The van der Waals surface area contributed by atoms with Crippen LogP contribution in [0.1, 0.15) is 23.5 Å². The molecule has 2 aromatic rings. The van der Waals surface area contributed by atoms with Crippen LogP contribution in [0.15, 0.2) is 41.4 Å². The molecule has 5 nitrogen and oxygen atoms in total. The Hall–Kier alpha value is -1.76. The number of ether oxygens (including phenoxy) is 1. The van der Waals surface area contributed by atoms with Crippen molar-refractivity contribution in [3.63, 3.8) is 0 Å². The van der Waals surface area contributed by atoms with Crippen LogP contribution < -0.4 is 15.4 Å². The lowest BCUT2D eigenvalue weighted by molar-refractivity contribution is 0.191. The molecular weight excluding hydrogens is 358 g/mol. The van der Waals surface area contributed by atoms with Gasteiger partial charge in [-0.15, -0.1) is 11.3 Å². The first-order chi connectivity index (χ1) is 12.1. The van der Waals surface area contributed by atoms with Crippen molar-refractivity contribution >= 4 is 28.9 Å². The molecule has 1 aromatic carbocycles. The van der Waals surface area contributed by atoms with Gasteiger partial charge in [-0.3, -0.25) is 4.99 Å². The minimum atomic E-state index is -0.651. The molecule has 0 fully saturated rings. The maximum absolute atomic E-state index is 10.2. The Morgan fingerprint density at radius 2 is 2.08 bits per heavy atom. The van der Waals surface area contributed by atoms with Gasteiger partial charge in [0.15, 0.2) is 5.96 Å². The summed E-state index contributed by atoms with van der Waals surface area (Å²) in [5, 5.41) is 16.7. The number of halogens is 1. The number of guanidine groups is 1. The zero-order valence-electron chi connectivity index (χ0n) is 14.5. The maximum atomic E-state index is 10.2. The van der Waals surface area contributed by atoms with E-state index in [1.807, 2.05) is 31.2 Å². The number of rotatable bonds is 8. The summed E-state index contributed by atoms with van der Waals surface area (Å²) in [6, 6.07) is 11.6. The van der Waals surface area contributed by atoms with Crippen LogP contribution in [-0.4, -0.2) is 37.8 Å². The monoisotopic (exact) mass is 381 g/mol. The van der Waals surface area contributed by atoms with Gasteiger partial charge >= 0.3 is 0 Å². The second-order valence-electron chi connectivity index (χ2n) is 5.37. The predicted octanol–water partition coefficient (Wildman–Crippen LogP) is 3.24. The summed E-state index contributed by atoms with van der Waals surface area (Å²) in [4.78, 5) is 5.27. The van der Waals surface area contributed by atoms with Crippen molar-refractivity contribution in [1.29, 1.82) is 0 Å². The number of nitrogens with one attached hydrogen (secondary N) is 2. The lowest BCUT2D eigenvalue weighted by atomic mass is 10.1. The lowest BCUT2D eigenvalue weighted by Crippen LogP contribution is -2.38. The van der Waals surface area contributed by atoms with E-state index in [4.69, 9.17) is 16.3 Å². The van der Waals surface area contributed by atoms with E-state index in [9.17, 15) is 5.11 Å². The molecule has 0 aliphatic carbocycles. The Kier molecular flexibility index (Phi) is 8.04. The molecule has 0 aliphatic rings. The number of aliphatic imine (C=N–C) groups is 1. The van der Waals surface area contributed by atoms with Gasteiger partial charge in [0, 0.05) is 18.0 Å². The standard InChI is InChI=1S/C18H24ClN3O2S/c1-3-20-18(22-12-14(23)16-8-9-17(19)25-16)21-11-10-13-6-4-5-7-15(13)24-2/h4-9,14,23H,3,10-12H2,1-2H3,(H2,20,21,22). The van der Waals surface area contributed by atoms with Gasteiger partial charge in [0.05, 0.1) is 18.0 Å². The number of benzene rings is 1. The smallest absolute Gasteiger partial charge is 0.191 e. The van der Waals surface area contributed by atoms with Crippen LogP contribution >= 0.6 is 22.9 Å². The van der Waals surface area contributed by atoms with Gasteiger partial charge < -0.3 is 20.5 Å². The van der Waals surface area contributed by atoms with E-state index in [0.717, 1.165) is 29.2 Å². The molecule has 1 heterocycles. The Labute approximate surface area is 157 Å². The van der Waals surface area contributed by atoms with Gasteiger partial charge in [0.1, 0.15) is 11.9 Å². The fraction of sp³-hybridized carbons (Fsp3) is 0.389. The highest BCUT2D eigenvalue weighted by Gasteiger charge is 2.10. The molecule has 2 rings (SSSR count). The van der Waals surface area contributed by atoms with Crippen molar-refractivity contribution in [2.75, 3.05) is 26.7 Å². The average molecular weight is 382 g/mol. The topological polar surface area (TPSA) is 65.9 Å². The molecule has 25 heavy (non-hydrogen) atoms. The third-order valence-corrected chi connectivity index (χ3v) is 4.90. The van der Waals surface area contributed by atoms with E-state index < -0.39 is 6.10 Å². The van der Waals surface area contributed by atoms with Gasteiger partial charge in [-0.2, -0.15) is 0 Å². The normalized spacial score (nSPS) is 12.7. The molecule has 0 radical (unpaired) electrons. The summed E-state index contributed by atoms with van der Waals surface area (Å²) in [6.45, 7) is 3.75. The van der Waals surface area contributed by atoms with Gasteiger partial charge in [-0.05, 0) is 37.1 Å². The Morgan fingerprint density at radius 1 is 1.28 bits per heavy atom. The van der Waals surface area contributed by atoms with Crippen LogP contribution in [0.4, 0.5) is 0 Å². The fourth-order valence-corrected chi connectivity index (χ4v) is 3.38. The molecule has 1 aromatic heterocycles. The van der Waals surface area contributed by atoms with Crippen molar-refractivity contribution in [3.05, 3.63) is 51.2 Å². The molecule has 0 spiro atoms. The van der Waals surface area contributed by atoms with E-state index in [0.29, 0.717) is 16.8 Å². The van der Waals surface area contributed by atoms with Crippen LogP contribution in [0.2, 0.25) is 4.34 Å².